The minimum absolute atomic E-state index is 0.0608. The quantitative estimate of drug-likeness (QED) is 0.601. The van der Waals surface area contributed by atoms with Gasteiger partial charge in [-0.1, -0.05) is 0 Å². The Balaban J connectivity index is 1.62. The van der Waals surface area contributed by atoms with Crippen LogP contribution in [0.2, 0.25) is 0 Å². The lowest BCUT2D eigenvalue weighted by Gasteiger charge is -2.22. The average molecular weight is 350 g/mol. The molecule has 1 saturated heterocycles. The van der Waals surface area contributed by atoms with Crippen molar-refractivity contribution in [3.05, 3.63) is 15.8 Å². The summed E-state index contributed by atoms with van der Waals surface area (Å²) in [5.74, 6) is 0.532. The fourth-order valence-corrected chi connectivity index (χ4v) is 1.95. The molecule has 1 aliphatic rings. The van der Waals surface area contributed by atoms with Gasteiger partial charge in [-0.05, 0) is 41.9 Å². The lowest BCUT2D eigenvalue weighted by Crippen LogP contribution is -2.24. The lowest BCUT2D eigenvalue weighted by atomic mass is 10.2. The fraction of sp³-hybridized carbons (Fsp3) is 0.636. The molecular formula is C11H15IN2O3. The normalized spacial score (nSPS) is 20.2. The summed E-state index contributed by atoms with van der Waals surface area (Å²) in [5, 5.41) is 7.66. The van der Waals surface area contributed by atoms with Gasteiger partial charge in [0.2, 0.25) is 5.88 Å². The van der Waals surface area contributed by atoms with Crippen molar-refractivity contribution < 1.29 is 14.2 Å². The molecule has 2 rings (SSSR count). The number of hydrogen-bond acceptors (Lipinski definition) is 5. The predicted octanol–water partition coefficient (Wildman–Crippen LogP) is 2.00. The first-order chi connectivity index (χ1) is 8.34. The first-order valence-corrected chi connectivity index (χ1v) is 6.77. The Labute approximate surface area is 114 Å². The number of ether oxygens (including phenoxy) is 3. The maximum atomic E-state index is 5.54. The van der Waals surface area contributed by atoms with E-state index in [-0.39, 0.29) is 6.29 Å². The Morgan fingerprint density at radius 1 is 1.41 bits per heavy atom. The van der Waals surface area contributed by atoms with E-state index in [0.29, 0.717) is 19.1 Å². The number of rotatable bonds is 5. The molecule has 1 aliphatic heterocycles. The molecule has 0 saturated carbocycles. The molecule has 1 fully saturated rings. The molecule has 1 aromatic heterocycles. The average Bonchev–Trinajstić information content (AvgIpc) is 2.36. The van der Waals surface area contributed by atoms with Gasteiger partial charge >= 0.3 is 0 Å². The summed E-state index contributed by atoms with van der Waals surface area (Å²) < 4.78 is 17.4. The van der Waals surface area contributed by atoms with E-state index in [1.165, 1.54) is 6.42 Å². The summed E-state index contributed by atoms with van der Waals surface area (Å²) in [7, 11) is 0. The molecule has 0 amide bonds. The van der Waals surface area contributed by atoms with Crippen LogP contribution in [0.3, 0.4) is 0 Å². The van der Waals surface area contributed by atoms with Crippen molar-refractivity contribution >= 4 is 22.6 Å². The summed E-state index contributed by atoms with van der Waals surface area (Å²) in [4.78, 5) is 0. The fourth-order valence-electron chi connectivity index (χ4n) is 1.56. The summed E-state index contributed by atoms with van der Waals surface area (Å²) in [5.41, 5.74) is 0. The molecule has 0 aromatic carbocycles. The number of nitrogens with zero attached hydrogens (tertiary/aromatic N) is 2. The largest absolute Gasteiger partial charge is 0.474 e. The van der Waals surface area contributed by atoms with Crippen LogP contribution in [-0.2, 0) is 9.47 Å². The standard InChI is InChI=1S/C11H15IN2O3/c12-9-7-10(14-13-8-9)15-5-6-17-11-3-1-2-4-16-11/h7-8,11H,1-6H2. The van der Waals surface area contributed by atoms with Gasteiger partial charge in [0, 0.05) is 16.2 Å². The monoisotopic (exact) mass is 350 g/mol. The van der Waals surface area contributed by atoms with Crippen LogP contribution >= 0.6 is 22.6 Å². The highest BCUT2D eigenvalue weighted by Crippen LogP contribution is 2.13. The summed E-state index contributed by atoms with van der Waals surface area (Å²) >= 11 is 2.17. The Hall–Kier alpha value is -0.470. The molecule has 1 atom stereocenters. The zero-order chi connectivity index (χ0) is 11.9. The smallest absolute Gasteiger partial charge is 0.234 e. The topological polar surface area (TPSA) is 53.5 Å². The second kappa shape index (κ2) is 7.07. The highest BCUT2D eigenvalue weighted by Gasteiger charge is 2.13. The van der Waals surface area contributed by atoms with E-state index in [0.717, 1.165) is 23.0 Å². The molecule has 1 aromatic rings. The zero-order valence-electron chi connectivity index (χ0n) is 9.47. The molecule has 0 spiro atoms. The Kier molecular flexibility index (Phi) is 5.40. The van der Waals surface area contributed by atoms with Crippen molar-refractivity contribution in [2.75, 3.05) is 19.8 Å². The van der Waals surface area contributed by atoms with Gasteiger partial charge in [-0.3, -0.25) is 0 Å². The van der Waals surface area contributed by atoms with Crippen molar-refractivity contribution in [3.8, 4) is 5.88 Å². The maximum absolute atomic E-state index is 5.54. The predicted molar refractivity (Wildman–Crippen MR) is 69.8 cm³/mol. The third-order valence-corrected chi connectivity index (χ3v) is 2.96. The van der Waals surface area contributed by atoms with Crippen LogP contribution in [-0.4, -0.2) is 36.3 Å². The summed E-state index contributed by atoms with van der Waals surface area (Å²) in [6, 6.07) is 1.84. The SMILES string of the molecule is Ic1cnnc(OCCOC2CCCCO2)c1. The number of hydrogen-bond donors (Lipinski definition) is 0. The highest BCUT2D eigenvalue weighted by molar-refractivity contribution is 14.1. The van der Waals surface area contributed by atoms with Gasteiger partial charge in [0.25, 0.3) is 0 Å². The number of halogens is 1. The van der Waals surface area contributed by atoms with Gasteiger partial charge in [-0.15, -0.1) is 5.10 Å². The van der Waals surface area contributed by atoms with Crippen LogP contribution in [0, 0.1) is 3.57 Å². The second-order valence-corrected chi connectivity index (χ2v) is 4.97. The van der Waals surface area contributed by atoms with Gasteiger partial charge in [0.15, 0.2) is 6.29 Å². The van der Waals surface area contributed by atoms with E-state index >= 15 is 0 Å². The molecule has 6 heteroatoms. The van der Waals surface area contributed by atoms with E-state index < -0.39 is 0 Å². The van der Waals surface area contributed by atoms with Crippen molar-refractivity contribution in [2.24, 2.45) is 0 Å². The Morgan fingerprint density at radius 3 is 3.12 bits per heavy atom. The van der Waals surface area contributed by atoms with Crippen LogP contribution in [0.25, 0.3) is 0 Å². The maximum Gasteiger partial charge on any atom is 0.234 e. The van der Waals surface area contributed by atoms with E-state index in [1.807, 2.05) is 6.07 Å². The molecule has 0 aliphatic carbocycles. The van der Waals surface area contributed by atoms with Crippen LogP contribution in [0.4, 0.5) is 0 Å². The van der Waals surface area contributed by atoms with Crippen molar-refractivity contribution in [2.45, 2.75) is 25.6 Å². The van der Waals surface area contributed by atoms with E-state index in [2.05, 4.69) is 32.8 Å². The molecule has 5 nitrogen and oxygen atoms in total. The Bertz CT molecular complexity index is 345. The van der Waals surface area contributed by atoms with Crippen LogP contribution in [0.5, 0.6) is 5.88 Å². The van der Waals surface area contributed by atoms with E-state index in [4.69, 9.17) is 14.2 Å². The summed E-state index contributed by atoms with van der Waals surface area (Å²) in [6.07, 6.45) is 4.90. The minimum atomic E-state index is -0.0608. The van der Waals surface area contributed by atoms with Gasteiger partial charge in [-0.25, -0.2) is 0 Å². The molecular weight excluding hydrogens is 335 g/mol. The Morgan fingerprint density at radius 2 is 2.35 bits per heavy atom. The summed E-state index contributed by atoms with van der Waals surface area (Å²) in [6.45, 7) is 1.78. The third-order valence-electron chi connectivity index (χ3n) is 2.37. The molecule has 17 heavy (non-hydrogen) atoms. The zero-order valence-corrected chi connectivity index (χ0v) is 11.6. The van der Waals surface area contributed by atoms with Crippen LogP contribution < -0.4 is 4.74 Å². The van der Waals surface area contributed by atoms with Crippen molar-refractivity contribution in [1.82, 2.24) is 10.2 Å². The first kappa shape index (κ1) is 13.0. The van der Waals surface area contributed by atoms with Gasteiger partial charge in [-0.2, -0.15) is 5.10 Å². The molecule has 0 N–H and O–H groups in total. The molecule has 0 bridgehead atoms. The van der Waals surface area contributed by atoms with Crippen LogP contribution in [0.1, 0.15) is 19.3 Å². The second-order valence-electron chi connectivity index (χ2n) is 3.73. The molecule has 1 unspecified atom stereocenters. The minimum Gasteiger partial charge on any atom is -0.474 e. The molecule has 94 valence electrons. The number of aromatic nitrogens is 2. The van der Waals surface area contributed by atoms with Gasteiger partial charge < -0.3 is 14.2 Å². The van der Waals surface area contributed by atoms with Crippen molar-refractivity contribution in [3.63, 3.8) is 0 Å². The third kappa shape index (κ3) is 4.72. The van der Waals surface area contributed by atoms with Gasteiger partial charge in [0.05, 0.1) is 12.8 Å². The van der Waals surface area contributed by atoms with Gasteiger partial charge in [0.1, 0.15) is 6.61 Å². The van der Waals surface area contributed by atoms with Crippen molar-refractivity contribution in [1.29, 1.82) is 0 Å². The highest BCUT2D eigenvalue weighted by atomic mass is 127. The molecule has 2 heterocycles. The molecule has 0 radical (unpaired) electrons. The lowest BCUT2D eigenvalue weighted by molar-refractivity contribution is -0.165. The van der Waals surface area contributed by atoms with E-state index in [9.17, 15) is 0 Å². The first-order valence-electron chi connectivity index (χ1n) is 5.69. The van der Waals surface area contributed by atoms with Crippen LogP contribution in [0.15, 0.2) is 12.3 Å². The van der Waals surface area contributed by atoms with E-state index in [1.54, 1.807) is 6.20 Å².